The van der Waals surface area contributed by atoms with Gasteiger partial charge in [-0.1, -0.05) is 18.2 Å². The van der Waals surface area contributed by atoms with Gasteiger partial charge >= 0.3 is 0 Å². The van der Waals surface area contributed by atoms with Gasteiger partial charge in [0, 0.05) is 12.3 Å². The van der Waals surface area contributed by atoms with E-state index in [-0.39, 0.29) is 22.9 Å². The molecule has 2 amide bonds. The van der Waals surface area contributed by atoms with E-state index in [0.29, 0.717) is 30.2 Å². The van der Waals surface area contributed by atoms with E-state index < -0.39 is 6.04 Å². The van der Waals surface area contributed by atoms with Crippen LogP contribution in [0.4, 0.5) is 4.39 Å². The molecule has 3 N–H and O–H groups in total. The number of hydrogen-bond acceptors (Lipinski definition) is 4. The topological polar surface area (TPSA) is 70.2 Å². The third-order valence-corrected chi connectivity index (χ3v) is 6.03. The average molecular weight is 365 g/mol. The van der Waals surface area contributed by atoms with Crippen LogP contribution in [0.2, 0.25) is 0 Å². The third-order valence-electron chi connectivity index (χ3n) is 4.72. The van der Waals surface area contributed by atoms with Crippen LogP contribution in [0.5, 0.6) is 0 Å². The van der Waals surface area contributed by atoms with Gasteiger partial charge in [0.2, 0.25) is 11.8 Å². The van der Waals surface area contributed by atoms with Gasteiger partial charge in [-0.15, -0.1) is 11.8 Å². The number of carbonyl (C=O) groups excluding carboxylic acids is 2. The molecule has 0 aromatic heterocycles. The molecule has 0 bridgehead atoms. The fourth-order valence-electron chi connectivity index (χ4n) is 3.22. The van der Waals surface area contributed by atoms with Crippen molar-refractivity contribution in [2.45, 2.75) is 30.6 Å². The van der Waals surface area contributed by atoms with Gasteiger partial charge < -0.3 is 16.0 Å². The highest BCUT2D eigenvalue weighted by atomic mass is 32.2. The molecule has 25 heavy (non-hydrogen) atoms. The first-order valence-electron chi connectivity index (χ1n) is 8.77. The molecule has 7 heteroatoms. The number of halogens is 1. The number of amides is 2. The first kappa shape index (κ1) is 18.2. The fourth-order valence-corrected chi connectivity index (χ4v) is 4.39. The number of thioether (sulfide) groups is 1. The van der Waals surface area contributed by atoms with Crippen LogP contribution in [0.25, 0.3) is 0 Å². The molecule has 3 atom stereocenters. The highest BCUT2D eigenvalue weighted by molar-refractivity contribution is 8.00. The van der Waals surface area contributed by atoms with Gasteiger partial charge in [-0.3, -0.25) is 9.59 Å². The molecule has 1 aromatic carbocycles. The number of rotatable bonds is 5. The molecule has 2 aliphatic rings. The largest absolute Gasteiger partial charge is 0.354 e. The molecule has 2 aliphatic heterocycles. The van der Waals surface area contributed by atoms with E-state index in [1.807, 2.05) is 0 Å². The number of benzene rings is 1. The van der Waals surface area contributed by atoms with Crippen molar-refractivity contribution in [2.75, 3.05) is 25.4 Å². The number of nitrogens with one attached hydrogen (secondary N) is 3. The molecule has 0 spiro atoms. The normalized spacial score (nSPS) is 26.8. The Morgan fingerprint density at radius 3 is 2.92 bits per heavy atom. The summed E-state index contributed by atoms with van der Waals surface area (Å²) in [5.74, 6) is 0.352. The van der Waals surface area contributed by atoms with Crippen LogP contribution in [0.3, 0.4) is 0 Å². The lowest BCUT2D eigenvalue weighted by molar-refractivity contribution is -0.128. The van der Waals surface area contributed by atoms with Gasteiger partial charge in [-0.05, 0) is 49.9 Å². The van der Waals surface area contributed by atoms with Crippen LogP contribution >= 0.6 is 11.8 Å². The molecule has 136 valence electrons. The van der Waals surface area contributed by atoms with Crippen LogP contribution in [0.1, 0.15) is 18.4 Å². The van der Waals surface area contributed by atoms with Crippen molar-refractivity contribution >= 4 is 23.6 Å². The summed E-state index contributed by atoms with van der Waals surface area (Å²) in [4.78, 5) is 24.6. The highest BCUT2D eigenvalue weighted by Gasteiger charge is 2.32. The summed E-state index contributed by atoms with van der Waals surface area (Å²) in [5, 5.41) is 8.70. The number of piperidine rings is 1. The van der Waals surface area contributed by atoms with Crippen molar-refractivity contribution in [1.82, 2.24) is 16.0 Å². The van der Waals surface area contributed by atoms with Crippen molar-refractivity contribution in [3.63, 3.8) is 0 Å². The van der Waals surface area contributed by atoms with Gasteiger partial charge in [0.15, 0.2) is 0 Å². The van der Waals surface area contributed by atoms with Gasteiger partial charge in [0.25, 0.3) is 0 Å². The summed E-state index contributed by atoms with van der Waals surface area (Å²) >= 11 is 1.42. The Hall–Kier alpha value is -1.60. The Morgan fingerprint density at radius 2 is 2.20 bits per heavy atom. The minimum Gasteiger partial charge on any atom is -0.354 e. The summed E-state index contributed by atoms with van der Waals surface area (Å²) in [6.45, 7) is 2.61. The lowest BCUT2D eigenvalue weighted by Gasteiger charge is -2.29. The number of carbonyl (C=O) groups is 2. The predicted molar refractivity (Wildman–Crippen MR) is 96.9 cm³/mol. The summed E-state index contributed by atoms with van der Waals surface area (Å²) < 4.78 is 13.7. The first-order chi connectivity index (χ1) is 12.1. The maximum absolute atomic E-state index is 13.7. The van der Waals surface area contributed by atoms with E-state index in [1.54, 1.807) is 18.2 Å². The fraction of sp³-hybridized carbons (Fsp3) is 0.556. The van der Waals surface area contributed by atoms with Crippen molar-refractivity contribution in [3.05, 3.63) is 35.6 Å². The Kier molecular flexibility index (Phi) is 6.31. The second kappa shape index (κ2) is 8.67. The summed E-state index contributed by atoms with van der Waals surface area (Å²) in [6, 6.07) is 5.98. The molecule has 5 nitrogen and oxygen atoms in total. The van der Waals surface area contributed by atoms with Crippen molar-refractivity contribution in [3.8, 4) is 0 Å². The molecule has 0 saturated carbocycles. The van der Waals surface area contributed by atoms with Crippen LogP contribution in [0.15, 0.2) is 24.3 Å². The molecule has 2 saturated heterocycles. The third kappa shape index (κ3) is 4.95. The van der Waals surface area contributed by atoms with E-state index in [4.69, 9.17) is 0 Å². The van der Waals surface area contributed by atoms with Crippen molar-refractivity contribution < 1.29 is 14.0 Å². The first-order valence-corrected chi connectivity index (χ1v) is 9.82. The molecule has 3 unspecified atom stereocenters. The second-order valence-electron chi connectivity index (χ2n) is 6.64. The molecule has 0 aliphatic carbocycles. The average Bonchev–Trinajstić information content (AvgIpc) is 2.64. The van der Waals surface area contributed by atoms with E-state index in [1.165, 1.54) is 17.8 Å². The monoisotopic (exact) mass is 365 g/mol. The summed E-state index contributed by atoms with van der Waals surface area (Å²) in [5.41, 5.74) is 0.530. The molecule has 2 fully saturated rings. The Morgan fingerprint density at radius 1 is 1.36 bits per heavy atom. The highest BCUT2D eigenvalue weighted by Crippen LogP contribution is 2.23. The van der Waals surface area contributed by atoms with Crippen LogP contribution in [-0.2, 0) is 16.0 Å². The van der Waals surface area contributed by atoms with Gasteiger partial charge in [0.05, 0.1) is 5.25 Å². The van der Waals surface area contributed by atoms with E-state index >= 15 is 0 Å². The minimum absolute atomic E-state index is 0.129. The van der Waals surface area contributed by atoms with Gasteiger partial charge in [-0.25, -0.2) is 4.39 Å². The lowest BCUT2D eigenvalue weighted by atomic mass is 10.00. The van der Waals surface area contributed by atoms with Gasteiger partial charge in [-0.2, -0.15) is 0 Å². The standard InChI is InChI=1S/C18H24FN3O2S/c19-14-6-2-1-5-13(14)8-16-18(24)22-15(11-25-16)17(23)21-10-12-4-3-7-20-9-12/h1-2,5-6,12,15-16,20H,3-4,7-11H2,(H,21,23)(H,22,24). The van der Waals surface area contributed by atoms with E-state index in [9.17, 15) is 14.0 Å². The molecule has 0 radical (unpaired) electrons. The Balaban J connectivity index is 1.46. The maximum atomic E-state index is 13.7. The summed E-state index contributed by atoms with van der Waals surface area (Å²) in [6.07, 6.45) is 2.59. The molecule has 1 aromatic rings. The van der Waals surface area contributed by atoms with Crippen LogP contribution in [-0.4, -0.2) is 48.5 Å². The lowest BCUT2D eigenvalue weighted by Crippen LogP contribution is -2.55. The zero-order valence-corrected chi connectivity index (χ0v) is 14.9. The number of hydrogen-bond donors (Lipinski definition) is 3. The van der Waals surface area contributed by atoms with E-state index in [0.717, 1.165) is 25.9 Å². The maximum Gasteiger partial charge on any atom is 0.243 e. The summed E-state index contributed by atoms with van der Waals surface area (Å²) in [7, 11) is 0. The Labute approximate surface area is 151 Å². The second-order valence-corrected chi connectivity index (χ2v) is 7.87. The van der Waals surface area contributed by atoms with Crippen molar-refractivity contribution in [1.29, 1.82) is 0 Å². The molecular weight excluding hydrogens is 341 g/mol. The predicted octanol–water partition coefficient (Wildman–Crippen LogP) is 1.08. The zero-order valence-electron chi connectivity index (χ0n) is 14.1. The molecular formula is C18H24FN3O2S. The minimum atomic E-state index is -0.508. The van der Waals surface area contributed by atoms with Crippen LogP contribution < -0.4 is 16.0 Å². The smallest absolute Gasteiger partial charge is 0.243 e. The van der Waals surface area contributed by atoms with Gasteiger partial charge in [0.1, 0.15) is 11.9 Å². The SMILES string of the molecule is O=C(NCC1CCCNC1)C1CSC(Cc2ccccc2F)C(=O)N1. The molecule has 3 rings (SSSR count). The zero-order chi connectivity index (χ0) is 17.6. The van der Waals surface area contributed by atoms with E-state index in [2.05, 4.69) is 16.0 Å². The van der Waals surface area contributed by atoms with Crippen molar-refractivity contribution in [2.24, 2.45) is 5.92 Å². The Bertz CT molecular complexity index is 622. The van der Waals surface area contributed by atoms with Crippen LogP contribution in [0, 0.1) is 11.7 Å². The molecule has 2 heterocycles. The quantitative estimate of drug-likeness (QED) is 0.730.